The van der Waals surface area contributed by atoms with Crippen LogP contribution in [0.4, 0.5) is 10.5 Å². The Bertz CT molecular complexity index is 413. The number of halogens is 1. The van der Waals surface area contributed by atoms with E-state index in [0.29, 0.717) is 11.4 Å². The highest BCUT2D eigenvalue weighted by Gasteiger charge is 2.13. The number of amides is 2. The SMILES string of the molecule is COc1cc(Br)cc(NC(=O)NC(C)(C)C)c1. The van der Waals surface area contributed by atoms with Gasteiger partial charge in [-0.3, -0.25) is 0 Å². The highest BCUT2D eigenvalue weighted by atomic mass is 79.9. The van der Waals surface area contributed by atoms with Crippen molar-refractivity contribution in [1.29, 1.82) is 0 Å². The van der Waals surface area contributed by atoms with Gasteiger partial charge >= 0.3 is 6.03 Å². The first-order chi connectivity index (χ1) is 7.80. The third kappa shape index (κ3) is 5.08. The number of carbonyl (C=O) groups is 1. The number of methoxy groups -OCH3 is 1. The first kappa shape index (κ1) is 13.8. The third-order valence-corrected chi connectivity index (χ3v) is 2.31. The van der Waals surface area contributed by atoms with Gasteiger partial charge in [0.25, 0.3) is 0 Å². The Kier molecular flexibility index (Phi) is 4.40. The molecule has 0 saturated carbocycles. The third-order valence-electron chi connectivity index (χ3n) is 1.85. The van der Waals surface area contributed by atoms with Crippen LogP contribution in [0.1, 0.15) is 20.8 Å². The Hall–Kier alpha value is -1.23. The minimum Gasteiger partial charge on any atom is -0.497 e. The number of hydrogen-bond donors (Lipinski definition) is 2. The normalized spacial score (nSPS) is 10.9. The summed E-state index contributed by atoms with van der Waals surface area (Å²) in [5.41, 5.74) is 0.415. The standard InChI is InChI=1S/C12H17BrN2O2/c1-12(2,3)15-11(16)14-9-5-8(13)6-10(7-9)17-4/h5-7H,1-4H3,(H2,14,15,16). The zero-order valence-electron chi connectivity index (χ0n) is 10.4. The second-order valence-electron chi connectivity index (χ2n) is 4.71. The molecular formula is C12H17BrN2O2. The van der Waals surface area contributed by atoms with Gasteiger partial charge < -0.3 is 15.4 Å². The molecular weight excluding hydrogens is 284 g/mol. The van der Waals surface area contributed by atoms with Crippen LogP contribution in [-0.4, -0.2) is 18.7 Å². The van der Waals surface area contributed by atoms with Gasteiger partial charge in [-0.05, 0) is 32.9 Å². The van der Waals surface area contributed by atoms with E-state index in [2.05, 4.69) is 26.6 Å². The maximum Gasteiger partial charge on any atom is 0.319 e. The monoisotopic (exact) mass is 300 g/mol. The largest absolute Gasteiger partial charge is 0.497 e. The second kappa shape index (κ2) is 5.40. The number of rotatable bonds is 2. The van der Waals surface area contributed by atoms with Gasteiger partial charge in [0.15, 0.2) is 0 Å². The van der Waals surface area contributed by atoms with Crippen LogP contribution in [0.3, 0.4) is 0 Å². The van der Waals surface area contributed by atoms with E-state index in [1.54, 1.807) is 13.2 Å². The zero-order chi connectivity index (χ0) is 13.1. The van der Waals surface area contributed by atoms with Gasteiger partial charge in [-0.25, -0.2) is 4.79 Å². The molecule has 0 radical (unpaired) electrons. The highest BCUT2D eigenvalue weighted by molar-refractivity contribution is 9.10. The summed E-state index contributed by atoms with van der Waals surface area (Å²) in [5, 5.41) is 5.57. The molecule has 0 fully saturated rings. The smallest absolute Gasteiger partial charge is 0.319 e. The van der Waals surface area contributed by atoms with Crippen molar-refractivity contribution >= 4 is 27.6 Å². The molecule has 0 aliphatic heterocycles. The average molecular weight is 301 g/mol. The summed E-state index contributed by atoms with van der Waals surface area (Å²) in [6, 6.07) is 5.16. The molecule has 0 atom stereocenters. The summed E-state index contributed by atoms with van der Waals surface area (Å²) in [6.45, 7) is 5.77. The number of ether oxygens (including phenoxy) is 1. The van der Waals surface area contributed by atoms with Crippen LogP contribution in [0.2, 0.25) is 0 Å². The molecule has 0 aliphatic rings. The summed E-state index contributed by atoms with van der Waals surface area (Å²) >= 11 is 3.35. The van der Waals surface area contributed by atoms with Crippen molar-refractivity contribution in [2.75, 3.05) is 12.4 Å². The van der Waals surface area contributed by atoms with Crippen LogP contribution >= 0.6 is 15.9 Å². The van der Waals surface area contributed by atoms with E-state index >= 15 is 0 Å². The lowest BCUT2D eigenvalue weighted by atomic mass is 10.1. The lowest BCUT2D eigenvalue weighted by Gasteiger charge is -2.20. The first-order valence-electron chi connectivity index (χ1n) is 5.24. The van der Waals surface area contributed by atoms with Gasteiger partial charge in [0, 0.05) is 21.8 Å². The summed E-state index contributed by atoms with van der Waals surface area (Å²) in [4.78, 5) is 11.7. The fraction of sp³-hybridized carbons (Fsp3) is 0.417. The molecule has 94 valence electrons. The fourth-order valence-electron chi connectivity index (χ4n) is 1.26. The molecule has 2 amide bonds. The van der Waals surface area contributed by atoms with E-state index in [4.69, 9.17) is 4.74 Å². The van der Waals surface area contributed by atoms with E-state index in [1.807, 2.05) is 32.9 Å². The predicted molar refractivity (Wildman–Crippen MR) is 72.6 cm³/mol. The van der Waals surface area contributed by atoms with Crippen molar-refractivity contribution in [1.82, 2.24) is 5.32 Å². The van der Waals surface area contributed by atoms with Crippen LogP contribution in [0.15, 0.2) is 22.7 Å². The van der Waals surface area contributed by atoms with Gasteiger partial charge in [0.2, 0.25) is 0 Å². The van der Waals surface area contributed by atoms with Crippen molar-refractivity contribution in [2.24, 2.45) is 0 Å². The predicted octanol–water partition coefficient (Wildman–Crippen LogP) is 3.38. The Morgan fingerprint density at radius 1 is 1.29 bits per heavy atom. The van der Waals surface area contributed by atoms with Gasteiger partial charge in [0.1, 0.15) is 5.75 Å². The quantitative estimate of drug-likeness (QED) is 0.880. The number of urea groups is 1. The van der Waals surface area contributed by atoms with Gasteiger partial charge in [-0.1, -0.05) is 15.9 Å². The molecule has 17 heavy (non-hydrogen) atoms. The number of hydrogen-bond acceptors (Lipinski definition) is 2. The topological polar surface area (TPSA) is 50.4 Å². The number of anilines is 1. The Balaban J connectivity index is 2.74. The average Bonchev–Trinajstić information content (AvgIpc) is 2.13. The van der Waals surface area contributed by atoms with Crippen LogP contribution < -0.4 is 15.4 Å². The number of nitrogens with one attached hydrogen (secondary N) is 2. The van der Waals surface area contributed by atoms with Crippen molar-refractivity contribution in [3.05, 3.63) is 22.7 Å². The van der Waals surface area contributed by atoms with E-state index in [0.717, 1.165) is 4.47 Å². The minimum atomic E-state index is -0.264. The molecule has 0 aliphatic carbocycles. The van der Waals surface area contributed by atoms with Crippen molar-refractivity contribution in [2.45, 2.75) is 26.3 Å². The molecule has 0 heterocycles. The number of carbonyl (C=O) groups excluding carboxylic acids is 1. The summed E-state index contributed by atoms with van der Waals surface area (Å²) in [6.07, 6.45) is 0. The van der Waals surface area contributed by atoms with E-state index in [1.165, 1.54) is 0 Å². The summed E-state index contributed by atoms with van der Waals surface area (Å²) < 4.78 is 5.97. The maximum atomic E-state index is 11.7. The van der Waals surface area contributed by atoms with Gasteiger partial charge in [-0.15, -0.1) is 0 Å². The van der Waals surface area contributed by atoms with E-state index < -0.39 is 0 Å². The molecule has 4 nitrogen and oxygen atoms in total. The first-order valence-corrected chi connectivity index (χ1v) is 6.03. The maximum absolute atomic E-state index is 11.7. The van der Waals surface area contributed by atoms with Crippen molar-refractivity contribution in [3.63, 3.8) is 0 Å². The van der Waals surface area contributed by atoms with Crippen LogP contribution in [0.5, 0.6) is 5.75 Å². The molecule has 2 N–H and O–H groups in total. The Morgan fingerprint density at radius 2 is 1.94 bits per heavy atom. The Labute approximate surface area is 110 Å². The lowest BCUT2D eigenvalue weighted by molar-refractivity contribution is 0.244. The fourth-order valence-corrected chi connectivity index (χ4v) is 1.73. The van der Waals surface area contributed by atoms with E-state index in [9.17, 15) is 4.79 Å². The zero-order valence-corrected chi connectivity index (χ0v) is 12.0. The molecule has 0 bridgehead atoms. The second-order valence-corrected chi connectivity index (χ2v) is 5.62. The molecule has 1 rings (SSSR count). The van der Waals surface area contributed by atoms with Crippen LogP contribution in [0, 0.1) is 0 Å². The van der Waals surface area contributed by atoms with Gasteiger partial charge in [0.05, 0.1) is 7.11 Å². The summed E-state index contributed by atoms with van der Waals surface area (Å²) in [7, 11) is 1.58. The van der Waals surface area contributed by atoms with Gasteiger partial charge in [-0.2, -0.15) is 0 Å². The molecule has 0 unspecified atom stereocenters. The molecule has 1 aromatic rings. The molecule has 1 aromatic carbocycles. The molecule has 0 saturated heterocycles. The molecule has 5 heteroatoms. The summed E-state index contributed by atoms with van der Waals surface area (Å²) in [5.74, 6) is 0.686. The highest BCUT2D eigenvalue weighted by Crippen LogP contribution is 2.24. The molecule has 0 aromatic heterocycles. The van der Waals surface area contributed by atoms with Crippen LogP contribution in [-0.2, 0) is 0 Å². The van der Waals surface area contributed by atoms with Crippen LogP contribution in [0.25, 0.3) is 0 Å². The minimum absolute atomic E-state index is 0.238. The molecule has 0 spiro atoms. The Morgan fingerprint density at radius 3 is 2.47 bits per heavy atom. The number of benzene rings is 1. The van der Waals surface area contributed by atoms with Crippen molar-refractivity contribution in [3.8, 4) is 5.75 Å². The lowest BCUT2D eigenvalue weighted by Crippen LogP contribution is -2.43. The van der Waals surface area contributed by atoms with Crippen molar-refractivity contribution < 1.29 is 9.53 Å². The van der Waals surface area contributed by atoms with E-state index in [-0.39, 0.29) is 11.6 Å².